The van der Waals surface area contributed by atoms with Gasteiger partial charge in [0, 0.05) is 17.5 Å². The van der Waals surface area contributed by atoms with Crippen LogP contribution in [0, 0.1) is 5.92 Å². The van der Waals surface area contributed by atoms with Gasteiger partial charge in [-0.2, -0.15) is 5.10 Å². The van der Waals surface area contributed by atoms with E-state index in [1.807, 2.05) is 48.5 Å². The minimum Gasteiger partial charge on any atom is -0.392 e. The lowest BCUT2D eigenvalue weighted by atomic mass is 9.89. The van der Waals surface area contributed by atoms with Gasteiger partial charge in [-0.15, -0.1) is 5.10 Å². The van der Waals surface area contributed by atoms with E-state index in [1.54, 1.807) is 10.9 Å². The van der Waals surface area contributed by atoms with Crippen LogP contribution in [0.4, 0.5) is 0 Å². The van der Waals surface area contributed by atoms with E-state index in [0.29, 0.717) is 37.4 Å². The zero-order chi connectivity index (χ0) is 20.5. The number of carbonyl (C=O) groups is 1. The smallest absolute Gasteiger partial charge is 0.190 e. The minimum atomic E-state index is -0.678. The summed E-state index contributed by atoms with van der Waals surface area (Å²) in [6.07, 6.45) is 1.61. The summed E-state index contributed by atoms with van der Waals surface area (Å²) in [5.41, 5.74) is 3.68. The Morgan fingerprint density at radius 3 is 2.90 bits per heavy atom. The second kappa shape index (κ2) is 7.81. The fourth-order valence-corrected chi connectivity index (χ4v) is 4.00. The van der Waals surface area contributed by atoms with Gasteiger partial charge in [0.25, 0.3) is 0 Å². The maximum atomic E-state index is 13.6. The fourth-order valence-electron chi connectivity index (χ4n) is 4.00. The Hall–Kier alpha value is -3.36. The lowest BCUT2D eigenvalue weighted by Gasteiger charge is -2.27. The molecular weight excluding hydrogens is 380 g/mol. The number of hydrogen-bond acceptors (Lipinski definition) is 6. The third-order valence-electron chi connectivity index (χ3n) is 5.64. The van der Waals surface area contributed by atoms with Gasteiger partial charge in [-0.25, -0.2) is 4.68 Å². The van der Waals surface area contributed by atoms with Crippen LogP contribution in [0.1, 0.15) is 22.5 Å². The largest absolute Gasteiger partial charge is 0.392 e. The van der Waals surface area contributed by atoms with Gasteiger partial charge in [-0.05, 0) is 30.7 Å². The summed E-state index contributed by atoms with van der Waals surface area (Å²) in [5, 5.41) is 30.3. The molecule has 1 aliphatic heterocycles. The normalized spacial score (nSPS) is 19.2. The average Bonchev–Trinajstić information content (AvgIpc) is 3.40. The number of rotatable bonds is 5. The van der Waals surface area contributed by atoms with Crippen LogP contribution in [-0.4, -0.2) is 55.3 Å². The number of nitrogens with one attached hydrogen (secondary N) is 2. The number of Topliss-reactive ketones (excluding diaryl/α,β-unsaturated/α-hetero) is 1. The van der Waals surface area contributed by atoms with Crippen LogP contribution in [0.5, 0.6) is 0 Å². The van der Waals surface area contributed by atoms with Crippen molar-refractivity contribution in [1.29, 1.82) is 0 Å². The third kappa shape index (κ3) is 3.40. The zero-order valence-electron chi connectivity index (χ0n) is 16.3. The SMILES string of the molecule is O=C(c1c(-c2ccc3[nH]ncc3c2)nnn1Cc1ccccc1)C1CNCCC1O. The molecule has 4 aromatic rings. The van der Waals surface area contributed by atoms with Crippen molar-refractivity contribution in [2.75, 3.05) is 13.1 Å². The number of piperidine rings is 1. The Morgan fingerprint density at radius 1 is 1.20 bits per heavy atom. The Labute approximate surface area is 172 Å². The Kier molecular flexibility index (Phi) is 4.86. The lowest BCUT2D eigenvalue weighted by molar-refractivity contribution is 0.0564. The number of fused-ring (bicyclic) bond motifs is 1. The van der Waals surface area contributed by atoms with Gasteiger partial charge in [0.1, 0.15) is 11.4 Å². The summed E-state index contributed by atoms with van der Waals surface area (Å²) in [6.45, 7) is 1.58. The van der Waals surface area contributed by atoms with Crippen LogP contribution < -0.4 is 5.32 Å². The Bertz CT molecular complexity index is 1180. The van der Waals surface area contributed by atoms with Crippen molar-refractivity contribution < 1.29 is 9.90 Å². The maximum Gasteiger partial charge on any atom is 0.190 e. The molecule has 30 heavy (non-hydrogen) atoms. The molecule has 0 spiro atoms. The molecule has 3 N–H and O–H groups in total. The molecule has 1 aliphatic rings. The molecule has 1 saturated heterocycles. The van der Waals surface area contributed by atoms with Gasteiger partial charge < -0.3 is 10.4 Å². The predicted octanol–water partition coefficient (Wildman–Crippen LogP) is 2.02. The highest BCUT2D eigenvalue weighted by Gasteiger charge is 2.34. The maximum absolute atomic E-state index is 13.6. The van der Waals surface area contributed by atoms with Crippen molar-refractivity contribution in [3.05, 3.63) is 66.0 Å². The summed E-state index contributed by atoms with van der Waals surface area (Å²) in [7, 11) is 0. The molecule has 0 aliphatic carbocycles. The summed E-state index contributed by atoms with van der Waals surface area (Å²) >= 11 is 0. The number of ketones is 1. The summed E-state index contributed by atoms with van der Waals surface area (Å²) in [6, 6.07) is 15.6. The second-order valence-electron chi connectivity index (χ2n) is 7.63. The first kappa shape index (κ1) is 18.7. The number of aromatic amines is 1. The topological polar surface area (TPSA) is 109 Å². The lowest BCUT2D eigenvalue weighted by Crippen LogP contribution is -2.44. The molecular formula is C22H22N6O2. The number of benzene rings is 2. The highest BCUT2D eigenvalue weighted by atomic mass is 16.3. The molecule has 152 valence electrons. The van der Waals surface area contributed by atoms with Crippen molar-refractivity contribution in [2.24, 2.45) is 5.92 Å². The monoisotopic (exact) mass is 402 g/mol. The molecule has 2 atom stereocenters. The highest BCUT2D eigenvalue weighted by Crippen LogP contribution is 2.28. The van der Waals surface area contributed by atoms with Crippen molar-refractivity contribution in [3.8, 4) is 11.3 Å². The van der Waals surface area contributed by atoms with E-state index in [1.165, 1.54) is 0 Å². The van der Waals surface area contributed by atoms with Crippen LogP contribution in [0.15, 0.2) is 54.7 Å². The molecule has 3 heterocycles. The molecule has 8 heteroatoms. The minimum absolute atomic E-state index is 0.141. The molecule has 0 radical (unpaired) electrons. The summed E-state index contributed by atoms with van der Waals surface area (Å²) in [4.78, 5) is 13.6. The highest BCUT2D eigenvalue weighted by molar-refractivity contribution is 6.02. The van der Waals surface area contributed by atoms with Crippen LogP contribution in [0.3, 0.4) is 0 Å². The van der Waals surface area contributed by atoms with Gasteiger partial charge in [0.2, 0.25) is 0 Å². The first-order valence-electron chi connectivity index (χ1n) is 10.0. The molecule has 0 amide bonds. The van der Waals surface area contributed by atoms with Crippen molar-refractivity contribution in [1.82, 2.24) is 30.5 Å². The summed E-state index contributed by atoms with van der Waals surface area (Å²) < 4.78 is 1.65. The standard InChI is InChI=1S/C22H22N6O2/c29-19-8-9-23-12-17(19)22(30)21-20(15-6-7-18-16(10-15)11-24-25-18)26-27-28(21)13-14-4-2-1-3-5-14/h1-7,10-11,17,19,23,29H,8-9,12-13H2,(H,24,25). The molecule has 8 nitrogen and oxygen atoms in total. The molecule has 5 rings (SSSR count). The number of hydrogen-bond donors (Lipinski definition) is 3. The number of nitrogens with zero attached hydrogens (tertiary/aromatic N) is 4. The van der Waals surface area contributed by atoms with E-state index < -0.39 is 12.0 Å². The fraction of sp³-hybridized carbons (Fsp3) is 0.273. The van der Waals surface area contributed by atoms with Crippen molar-refractivity contribution in [3.63, 3.8) is 0 Å². The number of aliphatic hydroxyl groups excluding tert-OH is 1. The van der Waals surface area contributed by atoms with Gasteiger partial charge >= 0.3 is 0 Å². The summed E-state index contributed by atoms with van der Waals surface area (Å²) in [5.74, 6) is -0.666. The first-order chi connectivity index (χ1) is 14.7. The van der Waals surface area contributed by atoms with Gasteiger partial charge in [-0.3, -0.25) is 9.89 Å². The Morgan fingerprint density at radius 2 is 2.07 bits per heavy atom. The predicted molar refractivity (Wildman–Crippen MR) is 112 cm³/mol. The molecule has 1 fully saturated rings. The van der Waals surface area contributed by atoms with Crippen molar-refractivity contribution in [2.45, 2.75) is 19.1 Å². The van der Waals surface area contributed by atoms with E-state index in [4.69, 9.17) is 0 Å². The van der Waals surface area contributed by atoms with Gasteiger partial charge in [0.15, 0.2) is 5.78 Å². The molecule has 2 aromatic heterocycles. The van der Waals surface area contributed by atoms with Crippen LogP contribution in [-0.2, 0) is 6.54 Å². The van der Waals surface area contributed by atoms with Crippen LogP contribution in [0.2, 0.25) is 0 Å². The van der Waals surface area contributed by atoms with E-state index >= 15 is 0 Å². The van der Waals surface area contributed by atoms with Gasteiger partial charge in [0.05, 0.1) is 30.3 Å². The first-order valence-corrected chi connectivity index (χ1v) is 10.0. The number of aromatic nitrogens is 5. The van der Waals surface area contributed by atoms with E-state index in [-0.39, 0.29) is 5.78 Å². The Balaban J connectivity index is 1.60. The average molecular weight is 402 g/mol. The number of H-pyrrole nitrogens is 1. The van der Waals surface area contributed by atoms with E-state index in [2.05, 4.69) is 25.8 Å². The number of carbonyl (C=O) groups excluding carboxylic acids is 1. The van der Waals surface area contributed by atoms with Crippen LogP contribution in [0.25, 0.3) is 22.2 Å². The number of aliphatic hydroxyl groups is 1. The third-order valence-corrected chi connectivity index (χ3v) is 5.64. The molecule has 0 bridgehead atoms. The van der Waals surface area contributed by atoms with Crippen LogP contribution >= 0.6 is 0 Å². The van der Waals surface area contributed by atoms with Crippen molar-refractivity contribution >= 4 is 16.7 Å². The molecule has 2 unspecified atom stereocenters. The quantitative estimate of drug-likeness (QED) is 0.441. The molecule has 0 saturated carbocycles. The molecule has 2 aromatic carbocycles. The van der Waals surface area contributed by atoms with E-state index in [9.17, 15) is 9.90 Å². The van der Waals surface area contributed by atoms with E-state index in [0.717, 1.165) is 22.0 Å². The zero-order valence-corrected chi connectivity index (χ0v) is 16.3. The second-order valence-corrected chi connectivity index (χ2v) is 7.63. The van der Waals surface area contributed by atoms with Gasteiger partial charge in [-0.1, -0.05) is 41.6 Å².